The maximum absolute atomic E-state index is 12.9. The molecule has 1 atom stereocenters. The quantitative estimate of drug-likeness (QED) is 0.0261. The number of rotatable bonds is 63. The third-order valence-electron chi connectivity index (χ3n) is 15.3. The Morgan fingerprint density at radius 3 is 0.769 bits per heavy atom. The summed E-state index contributed by atoms with van der Waals surface area (Å²) in [6.07, 6.45) is 85.4. The first-order valence-electron chi connectivity index (χ1n) is 34.3. The highest BCUT2D eigenvalue weighted by Crippen LogP contribution is 2.18. The molecule has 1 unspecified atom stereocenters. The second-order valence-electron chi connectivity index (χ2n) is 23.1. The summed E-state index contributed by atoms with van der Waals surface area (Å²) in [6, 6.07) is 0. The van der Waals surface area contributed by atoms with E-state index in [1.54, 1.807) is 0 Å². The van der Waals surface area contributed by atoms with Crippen molar-refractivity contribution >= 4 is 17.9 Å². The van der Waals surface area contributed by atoms with Crippen LogP contribution >= 0.6 is 0 Å². The predicted molar refractivity (Wildman–Crippen MR) is 339 cm³/mol. The minimum atomic E-state index is -0.802. The van der Waals surface area contributed by atoms with E-state index in [2.05, 4.69) is 81.5 Å². The number of esters is 3. The van der Waals surface area contributed by atoms with Gasteiger partial charge in [0.15, 0.2) is 6.10 Å². The predicted octanol–water partition coefficient (Wildman–Crippen LogP) is 23.5. The van der Waals surface area contributed by atoms with Crippen molar-refractivity contribution in [3.8, 4) is 0 Å². The Kier molecular flexibility index (Phi) is 64.2. The standard InChI is InChI=1S/C72H130O6/c1-4-7-10-13-16-19-22-25-28-31-32-33-34-35-36-37-38-39-42-44-47-50-53-56-59-62-65-71(74)77-68-69(78-72(75)66-63-60-57-54-51-48-45-41-30-27-24-21-18-15-12-9-6-3)67-76-70(73)64-61-58-55-52-49-46-43-40-29-26-23-20-17-14-11-8-5-2/h9,12,18,21,27,30,45,48,54,57,69H,4-8,10-11,13-17,19-20,22-26,28-29,31-44,46-47,49-53,55-56,58-68H2,1-3H3/b12-9-,21-18-,30-27-,48-45-,57-54-. The van der Waals surface area contributed by atoms with Crippen LogP contribution in [0.4, 0.5) is 0 Å². The average molecular weight is 1090 g/mol. The van der Waals surface area contributed by atoms with Gasteiger partial charge in [-0.2, -0.15) is 0 Å². The molecule has 0 heterocycles. The first kappa shape index (κ1) is 75.1. The van der Waals surface area contributed by atoms with E-state index in [-0.39, 0.29) is 37.5 Å². The molecular formula is C72H130O6. The highest BCUT2D eigenvalue weighted by Gasteiger charge is 2.19. The molecule has 454 valence electrons. The molecule has 0 aromatic heterocycles. The highest BCUT2D eigenvalue weighted by atomic mass is 16.6. The number of carbonyl (C=O) groups is 3. The molecule has 6 heteroatoms. The maximum atomic E-state index is 12.9. The molecule has 0 saturated heterocycles. The SMILES string of the molecule is CC/C=C\C/C=C\C/C=C\C/C=C\C/C=C\CCCC(=O)OC(COC(=O)CCCCCCCCCCCCCCCCCCC)COC(=O)CCCCCCCCCCCCCCCCCCCCCCCCCCCC. The number of allylic oxidation sites excluding steroid dienone is 10. The normalized spacial score (nSPS) is 12.4. The Morgan fingerprint density at radius 2 is 0.500 bits per heavy atom. The number of hydrogen-bond acceptors (Lipinski definition) is 6. The van der Waals surface area contributed by atoms with E-state index in [0.29, 0.717) is 19.3 Å². The van der Waals surface area contributed by atoms with Gasteiger partial charge in [0.2, 0.25) is 0 Å². The summed E-state index contributed by atoms with van der Waals surface area (Å²) in [5.41, 5.74) is 0. The van der Waals surface area contributed by atoms with Crippen LogP contribution < -0.4 is 0 Å². The van der Waals surface area contributed by atoms with Crippen LogP contribution in [0.15, 0.2) is 60.8 Å². The molecular weight excluding hydrogens is 961 g/mol. The minimum Gasteiger partial charge on any atom is -0.462 e. The third-order valence-corrected chi connectivity index (χ3v) is 15.3. The van der Waals surface area contributed by atoms with Crippen molar-refractivity contribution < 1.29 is 28.6 Å². The number of hydrogen-bond donors (Lipinski definition) is 0. The first-order valence-corrected chi connectivity index (χ1v) is 34.3. The van der Waals surface area contributed by atoms with Crippen LogP contribution in [0.1, 0.15) is 361 Å². The highest BCUT2D eigenvalue weighted by molar-refractivity contribution is 5.71. The lowest BCUT2D eigenvalue weighted by molar-refractivity contribution is -0.167. The largest absolute Gasteiger partial charge is 0.462 e. The van der Waals surface area contributed by atoms with E-state index >= 15 is 0 Å². The molecule has 0 aliphatic rings. The molecule has 6 nitrogen and oxygen atoms in total. The second-order valence-corrected chi connectivity index (χ2v) is 23.1. The van der Waals surface area contributed by atoms with Gasteiger partial charge in [-0.05, 0) is 57.8 Å². The van der Waals surface area contributed by atoms with Crippen LogP contribution in [0.5, 0.6) is 0 Å². The van der Waals surface area contributed by atoms with E-state index in [9.17, 15) is 14.4 Å². The molecule has 0 aliphatic heterocycles. The van der Waals surface area contributed by atoms with Gasteiger partial charge in [-0.15, -0.1) is 0 Å². The minimum absolute atomic E-state index is 0.0920. The molecule has 0 aromatic carbocycles. The molecule has 78 heavy (non-hydrogen) atoms. The van der Waals surface area contributed by atoms with Crippen LogP contribution in [0.2, 0.25) is 0 Å². The number of carbonyl (C=O) groups excluding carboxylic acids is 3. The lowest BCUT2D eigenvalue weighted by Gasteiger charge is -2.18. The van der Waals surface area contributed by atoms with Crippen molar-refractivity contribution in [3.05, 3.63) is 60.8 Å². The molecule has 0 rings (SSSR count). The zero-order chi connectivity index (χ0) is 56.4. The topological polar surface area (TPSA) is 78.9 Å². The summed E-state index contributed by atoms with van der Waals surface area (Å²) in [4.78, 5) is 38.4. The maximum Gasteiger partial charge on any atom is 0.306 e. The molecule has 0 aliphatic carbocycles. The van der Waals surface area contributed by atoms with E-state index < -0.39 is 6.10 Å². The fraction of sp³-hybridized carbons (Fsp3) is 0.819. The Morgan fingerprint density at radius 1 is 0.269 bits per heavy atom. The van der Waals surface area contributed by atoms with Crippen LogP contribution in [0.25, 0.3) is 0 Å². The van der Waals surface area contributed by atoms with Crippen molar-refractivity contribution in [2.45, 2.75) is 367 Å². The lowest BCUT2D eigenvalue weighted by atomic mass is 10.0. The van der Waals surface area contributed by atoms with Gasteiger partial charge in [-0.3, -0.25) is 14.4 Å². The van der Waals surface area contributed by atoms with Gasteiger partial charge in [-0.25, -0.2) is 0 Å². The van der Waals surface area contributed by atoms with Crippen molar-refractivity contribution in [1.82, 2.24) is 0 Å². The molecule has 0 saturated carbocycles. The molecule has 0 aromatic rings. The fourth-order valence-corrected chi connectivity index (χ4v) is 10.2. The summed E-state index contributed by atoms with van der Waals surface area (Å²) in [6.45, 7) is 6.55. The fourth-order valence-electron chi connectivity index (χ4n) is 10.2. The summed E-state index contributed by atoms with van der Waals surface area (Å²) in [5, 5.41) is 0. The van der Waals surface area contributed by atoms with Gasteiger partial charge in [0, 0.05) is 19.3 Å². The molecule has 0 fully saturated rings. The van der Waals surface area contributed by atoms with Gasteiger partial charge in [0.05, 0.1) is 0 Å². The van der Waals surface area contributed by atoms with Crippen molar-refractivity contribution in [1.29, 1.82) is 0 Å². The second kappa shape index (κ2) is 66.6. The monoisotopic (exact) mass is 1090 g/mol. The van der Waals surface area contributed by atoms with Crippen LogP contribution in [0, 0.1) is 0 Å². The van der Waals surface area contributed by atoms with E-state index in [4.69, 9.17) is 14.2 Å². The molecule has 0 spiro atoms. The van der Waals surface area contributed by atoms with Gasteiger partial charge in [0.25, 0.3) is 0 Å². The zero-order valence-electron chi connectivity index (χ0n) is 52.2. The van der Waals surface area contributed by atoms with Gasteiger partial charge in [0.1, 0.15) is 13.2 Å². The van der Waals surface area contributed by atoms with E-state index in [1.165, 1.54) is 238 Å². The van der Waals surface area contributed by atoms with Crippen molar-refractivity contribution in [2.24, 2.45) is 0 Å². The average Bonchev–Trinajstić information content (AvgIpc) is 3.44. The van der Waals surface area contributed by atoms with Crippen LogP contribution in [0.3, 0.4) is 0 Å². The Labute approximate surface area is 485 Å². The summed E-state index contributed by atoms with van der Waals surface area (Å²) in [5.74, 6) is -0.927. The van der Waals surface area contributed by atoms with Crippen molar-refractivity contribution in [2.75, 3.05) is 13.2 Å². The third kappa shape index (κ3) is 63.9. The van der Waals surface area contributed by atoms with Gasteiger partial charge >= 0.3 is 17.9 Å². The lowest BCUT2D eigenvalue weighted by Crippen LogP contribution is -2.30. The molecule has 0 radical (unpaired) electrons. The zero-order valence-corrected chi connectivity index (χ0v) is 52.2. The first-order chi connectivity index (χ1) is 38.5. The van der Waals surface area contributed by atoms with Crippen molar-refractivity contribution in [3.63, 3.8) is 0 Å². The van der Waals surface area contributed by atoms with E-state index in [0.717, 1.165) is 77.0 Å². The smallest absolute Gasteiger partial charge is 0.306 e. The summed E-state index contributed by atoms with van der Waals surface area (Å²) in [7, 11) is 0. The molecule has 0 amide bonds. The number of unbranched alkanes of at least 4 members (excludes halogenated alkanes) is 42. The van der Waals surface area contributed by atoms with Gasteiger partial charge in [-0.1, -0.05) is 345 Å². The van der Waals surface area contributed by atoms with Crippen LogP contribution in [-0.2, 0) is 28.6 Å². The summed E-state index contributed by atoms with van der Waals surface area (Å²) < 4.78 is 16.9. The summed E-state index contributed by atoms with van der Waals surface area (Å²) >= 11 is 0. The Hall–Kier alpha value is -2.89. The number of ether oxygens (including phenoxy) is 3. The Balaban J connectivity index is 4.31. The Bertz CT molecular complexity index is 1390. The molecule has 0 bridgehead atoms. The molecule has 0 N–H and O–H groups in total. The van der Waals surface area contributed by atoms with Crippen LogP contribution in [-0.4, -0.2) is 37.2 Å². The van der Waals surface area contributed by atoms with E-state index in [1.807, 2.05) is 0 Å². The van der Waals surface area contributed by atoms with Gasteiger partial charge < -0.3 is 14.2 Å².